The first-order chi connectivity index (χ1) is 8.25. The van der Waals surface area contributed by atoms with Crippen molar-refractivity contribution >= 4 is 17.9 Å². The molecule has 2 N–H and O–H groups in total. The average molecular weight is 258 g/mol. The summed E-state index contributed by atoms with van der Waals surface area (Å²) in [5, 5.41) is 17.9. The van der Waals surface area contributed by atoms with E-state index in [1.54, 1.807) is 0 Å². The number of ether oxygens (including phenoxy) is 1. The van der Waals surface area contributed by atoms with Gasteiger partial charge in [-0.2, -0.15) is 0 Å². The zero-order valence-corrected chi connectivity index (χ0v) is 10.6. The van der Waals surface area contributed by atoms with E-state index >= 15 is 0 Å². The molecule has 1 atom stereocenters. The number of esters is 1. The molecule has 1 unspecified atom stereocenters. The van der Waals surface area contributed by atoms with E-state index in [1.807, 2.05) is 6.92 Å². The minimum Gasteiger partial charge on any atom is -0.481 e. The maximum atomic E-state index is 11.4. The second-order valence-electron chi connectivity index (χ2n) is 4.14. The van der Waals surface area contributed by atoms with E-state index in [-0.39, 0.29) is 12.0 Å². The third-order valence-corrected chi connectivity index (χ3v) is 2.40. The number of hydrogen-bond donors (Lipinski definition) is 2. The summed E-state index contributed by atoms with van der Waals surface area (Å²) in [6.45, 7) is 6.54. The standard InChI is InChI=1S/C12H18O6/c1-4-5-6-12(11(16)17,7-9(13)14)18-10(15)8(2)3/h2,4-7H2,1,3H3,(H,13,14)(H,16,17). The number of unbranched alkanes of at least 4 members (excludes halogenated alkanes) is 1. The second kappa shape index (κ2) is 6.78. The summed E-state index contributed by atoms with van der Waals surface area (Å²) in [5.74, 6) is -3.68. The number of carbonyl (C=O) groups is 3. The number of carboxylic acids is 2. The normalized spacial score (nSPS) is 13.4. The van der Waals surface area contributed by atoms with Gasteiger partial charge in [0.25, 0.3) is 0 Å². The van der Waals surface area contributed by atoms with Crippen LogP contribution < -0.4 is 0 Å². The minimum absolute atomic E-state index is 0.0301. The van der Waals surface area contributed by atoms with Crippen molar-refractivity contribution in [2.24, 2.45) is 0 Å². The van der Waals surface area contributed by atoms with Gasteiger partial charge in [-0.05, 0) is 19.8 Å². The van der Waals surface area contributed by atoms with E-state index in [0.717, 1.165) is 0 Å². The minimum atomic E-state index is -2.02. The fourth-order valence-electron chi connectivity index (χ4n) is 1.37. The van der Waals surface area contributed by atoms with Gasteiger partial charge in [0.05, 0.1) is 6.42 Å². The van der Waals surface area contributed by atoms with Crippen molar-refractivity contribution in [2.75, 3.05) is 0 Å². The number of carboxylic acid groups (broad SMARTS) is 2. The Morgan fingerprint density at radius 3 is 2.17 bits per heavy atom. The van der Waals surface area contributed by atoms with E-state index in [4.69, 9.17) is 14.9 Å². The van der Waals surface area contributed by atoms with Gasteiger partial charge in [-0.1, -0.05) is 19.9 Å². The van der Waals surface area contributed by atoms with Gasteiger partial charge in [-0.3, -0.25) is 4.79 Å². The molecule has 0 bridgehead atoms. The van der Waals surface area contributed by atoms with Crippen LogP contribution in [-0.2, 0) is 19.1 Å². The van der Waals surface area contributed by atoms with Crippen LogP contribution in [-0.4, -0.2) is 33.7 Å². The molecule has 0 fully saturated rings. The molecular formula is C12H18O6. The molecule has 0 aromatic heterocycles. The lowest BCUT2D eigenvalue weighted by molar-refractivity contribution is -0.181. The number of aliphatic carboxylic acids is 2. The van der Waals surface area contributed by atoms with E-state index in [0.29, 0.717) is 12.8 Å². The maximum Gasteiger partial charge on any atom is 0.348 e. The third-order valence-electron chi connectivity index (χ3n) is 2.40. The fraction of sp³-hybridized carbons (Fsp3) is 0.583. The zero-order valence-electron chi connectivity index (χ0n) is 10.6. The summed E-state index contributed by atoms with van der Waals surface area (Å²) in [4.78, 5) is 33.4. The lowest BCUT2D eigenvalue weighted by atomic mass is 9.92. The highest BCUT2D eigenvalue weighted by atomic mass is 16.6. The van der Waals surface area contributed by atoms with Crippen molar-refractivity contribution in [3.05, 3.63) is 12.2 Å². The predicted molar refractivity (Wildman–Crippen MR) is 63.1 cm³/mol. The Balaban J connectivity index is 5.17. The van der Waals surface area contributed by atoms with Gasteiger partial charge < -0.3 is 14.9 Å². The van der Waals surface area contributed by atoms with E-state index in [2.05, 4.69) is 6.58 Å². The number of hydrogen-bond acceptors (Lipinski definition) is 4. The first-order valence-corrected chi connectivity index (χ1v) is 5.59. The second-order valence-corrected chi connectivity index (χ2v) is 4.14. The highest BCUT2D eigenvalue weighted by Crippen LogP contribution is 2.25. The van der Waals surface area contributed by atoms with Crippen LogP contribution in [0.3, 0.4) is 0 Å². The van der Waals surface area contributed by atoms with Crippen molar-refractivity contribution in [3.63, 3.8) is 0 Å². The molecule has 0 rings (SSSR count). The lowest BCUT2D eigenvalue weighted by Crippen LogP contribution is -2.45. The molecule has 0 aliphatic heterocycles. The molecule has 0 spiro atoms. The van der Waals surface area contributed by atoms with Gasteiger partial charge in [0.2, 0.25) is 5.60 Å². The molecule has 6 heteroatoms. The van der Waals surface area contributed by atoms with Gasteiger partial charge in [0.1, 0.15) is 0 Å². The Morgan fingerprint density at radius 1 is 1.28 bits per heavy atom. The lowest BCUT2D eigenvalue weighted by Gasteiger charge is -2.27. The van der Waals surface area contributed by atoms with Crippen molar-refractivity contribution < 1.29 is 29.3 Å². The monoisotopic (exact) mass is 258 g/mol. The summed E-state index contributed by atoms with van der Waals surface area (Å²) in [5.41, 5.74) is -1.99. The number of rotatable bonds is 8. The molecule has 0 amide bonds. The smallest absolute Gasteiger partial charge is 0.348 e. The van der Waals surface area contributed by atoms with Crippen LogP contribution in [0.4, 0.5) is 0 Å². The molecule has 0 saturated heterocycles. The van der Waals surface area contributed by atoms with Gasteiger partial charge in [0.15, 0.2) is 0 Å². The van der Waals surface area contributed by atoms with Crippen LogP contribution in [0, 0.1) is 0 Å². The van der Waals surface area contributed by atoms with E-state index in [1.165, 1.54) is 6.92 Å². The topological polar surface area (TPSA) is 101 Å². The van der Waals surface area contributed by atoms with Gasteiger partial charge in [0, 0.05) is 5.57 Å². The molecule has 0 aliphatic carbocycles. The van der Waals surface area contributed by atoms with Gasteiger partial charge in [-0.15, -0.1) is 0 Å². The van der Waals surface area contributed by atoms with Gasteiger partial charge >= 0.3 is 17.9 Å². The first-order valence-electron chi connectivity index (χ1n) is 5.59. The first kappa shape index (κ1) is 16.1. The van der Waals surface area contributed by atoms with Crippen molar-refractivity contribution in [1.82, 2.24) is 0 Å². The van der Waals surface area contributed by atoms with Crippen LogP contribution in [0.15, 0.2) is 12.2 Å². The Labute approximate surface area is 105 Å². The van der Waals surface area contributed by atoms with Crippen LogP contribution in [0.25, 0.3) is 0 Å². The van der Waals surface area contributed by atoms with Crippen molar-refractivity contribution in [1.29, 1.82) is 0 Å². The fourth-order valence-corrected chi connectivity index (χ4v) is 1.37. The zero-order chi connectivity index (χ0) is 14.3. The Kier molecular flexibility index (Phi) is 6.08. The third kappa shape index (κ3) is 4.57. The molecule has 0 aromatic rings. The summed E-state index contributed by atoms with van der Waals surface area (Å²) in [6, 6.07) is 0. The quantitative estimate of drug-likeness (QED) is 0.506. The summed E-state index contributed by atoms with van der Waals surface area (Å²) in [7, 11) is 0. The van der Waals surface area contributed by atoms with Crippen LogP contribution in [0.2, 0.25) is 0 Å². The Hall–Kier alpha value is -1.85. The van der Waals surface area contributed by atoms with Crippen LogP contribution in [0.5, 0.6) is 0 Å². The highest BCUT2D eigenvalue weighted by Gasteiger charge is 2.44. The predicted octanol–water partition coefficient (Wildman–Crippen LogP) is 1.59. The van der Waals surface area contributed by atoms with E-state index in [9.17, 15) is 14.4 Å². The molecule has 6 nitrogen and oxygen atoms in total. The highest BCUT2D eigenvalue weighted by molar-refractivity contribution is 5.92. The molecule has 0 radical (unpaired) electrons. The molecule has 0 aliphatic rings. The van der Waals surface area contributed by atoms with E-state index < -0.39 is 29.9 Å². The molecule has 0 aromatic carbocycles. The molecule has 0 heterocycles. The largest absolute Gasteiger partial charge is 0.481 e. The Morgan fingerprint density at radius 2 is 1.83 bits per heavy atom. The van der Waals surface area contributed by atoms with Crippen molar-refractivity contribution in [3.8, 4) is 0 Å². The summed E-state index contributed by atoms with van der Waals surface area (Å²) < 4.78 is 4.86. The molecular weight excluding hydrogens is 240 g/mol. The SMILES string of the molecule is C=C(C)C(=O)OC(CCCC)(CC(=O)O)C(=O)O. The molecule has 102 valence electrons. The maximum absolute atomic E-state index is 11.4. The van der Waals surface area contributed by atoms with Crippen molar-refractivity contribution in [2.45, 2.75) is 45.1 Å². The number of carbonyl (C=O) groups excluding carboxylic acids is 1. The Bertz CT molecular complexity index is 360. The van der Waals surface area contributed by atoms with Gasteiger partial charge in [-0.25, -0.2) is 9.59 Å². The molecule has 18 heavy (non-hydrogen) atoms. The van der Waals surface area contributed by atoms with Crippen LogP contribution in [0.1, 0.15) is 39.5 Å². The van der Waals surface area contributed by atoms with Crippen LogP contribution >= 0.6 is 0 Å². The summed E-state index contributed by atoms with van der Waals surface area (Å²) in [6.07, 6.45) is 0.313. The summed E-state index contributed by atoms with van der Waals surface area (Å²) >= 11 is 0. The molecule has 0 saturated carbocycles. The average Bonchev–Trinajstić information content (AvgIpc) is 2.24.